The Morgan fingerprint density at radius 2 is 1.76 bits per heavy atom. The zero-order valence-corrected chi connectivity index (χ0v) is 11.6. The van der Waals surface area contributed by atoms with E-state index in [1.807, 2.05) is 11.4 Å². The number of rotatable bonds is 2. The zero-order chi connectivity index (χ0) is 12.4. The molecule has 0 aliphatic heterocycles. The molecule has 0 unspecified atom stereocenters. The lowest BCUT2D eigenvalue weighted by Crippen LogP contribution is -1.79. The first kappa shape index (κ1) is 12.7. The van der Waals surface area contributed by atoms with Gasteiger partial charge in [0, 0.05) is 10.4 Å². The number of benzene rings is 1. The van der Waals surface area contributed by atoms with Gasteiger partial charge in [-0.3, -0.25) is 0 Å². The second-order valence-corrected chi connectivity index (χ2v) is 5.60. The molecule has 0 saturated carbocycles. The third kappa shape index (κ3) is 2.75. The molecule has 1 aromatic carbocycles. The van der Waals surface area contributed by atoms with Gasteiger partial charge in [-0.15, -0.1) is 11.3 Å². The van der Waals surface area contributed by atoms with Crippen molar-refractivity contribution < 1.29 is 0 Å². The van der Waals surface area contributed by atoms with Crippen molar-refractivity contribution in [2.75, 3.05) is 0 Å². The van der Waals surface area contributed by atoms with E-state index in [4.69, 9.17) is 40.1 Å². The van der Waals surface area contributed by atoms with Crippen molar-refractivity contribution in [2.24, 2.45) is 0 Å². The standard InChI is InChI=1S/C12H6Cl3NS/c13-10-5-12(15)11(14)4-9(10)7-3-8(1-2-16)17-6-7/h3-6H,1H2. The van der Waals surface area contributed by atoms with Crippen LogP contribution < -0.4 is 0 Å². The Labute approximate surface area is 118 Å². The van der Waals surface area contributed by atoms with E-state index in [2.05, 4.69) is 6.07 Å². The molecule has 1 heterocycles. The fourth-order valence-electron chi connectivity index (χ4n) is 1.44. The third-order valence-corrected chi connectivity index (χ3v) is 4.20. The molecule has 0 fully saturated rings. The van der Waals surface area contributed by atoms with Gasteiger partial charge in [-0.1, -0.05) is 34.8 Å². The fourth-order valence-corrected chi connectivity index (χ4v) is 2.91. The maximum Gasteiger partial charge on any atom is 0.0695 e. The molecule has 17 heavy (non-hydrogen) atoms. The number of hydrogen-bond acceptors (Lipinski definition) is 2. The van der Waals surface area contributed by atoms with Gasteiger partial charge < -0.3 is 0 Å². The largest absolute Gasteiger partial charge is 0.198 e. The van der Waals surface area contributed by atoms with Crippen LogP contribution in [-0.4, -0.2) is 0 Å². The Kier molecular flexibility index (Phi) is 3.96. The highest BCUT2D eigenvalue weighted by molar-refractivity contribution is 7.10. The predicted molar refractivity (Wildman–Crippen MR) is 74.1 cm³/mol. The van der Waals surface area contributed by atoms with Crippen LogP contribution in [0.15, 0.2) is 23.6 Å². The molecule has 0 spiro atoms. The lowest BCUT2D eigenvalue weighted by molar-refractivity contribution is 1.32. The predicted octanol–water partition coefficient (Wildman–Crippen LogP) is 5.44. The maximum atomic E-state index is 8.63. The van der Waals surface area contributed by atoms with Crippen LogP contribution >= 0.6 is 46.1 Å². The Morgan fingerprint density at radius 1 is 1.06 bits per heavy atom. The van der Waals surface area contributed by atoms with Gasteiger partial charge in [0.15, 0.2) is 0 Å². The molecular formula is C12H6Cl3NS. The highest BCUT2D eigenvalue weighted by Gasteiger charge is 2.10. The molecule has 0 atom stereocenters. The minimum Gasteiger partial charge on any atom is -0.198 e. The first-order chi connectivity index (χ1) is 8.11. The van der Waals surface area contributed by atoms with E-state index in [1.165, 1.54) is 11.3 Å². The lowest BCUT2D eigenvalue weighted by Gasteiger charge is -2.04. The van der Waals surface area contributed by atoms with Crippen molar-refractivity contribution in [1.29, 1.82) is 5.26 Å². The Balaban J connectivity index is 2.46. The topological polar surface area (TPSA) is 23.8 Å². The minimum atomic E-state index is 0.406. The van der Waals surface area contributed by atoms with Crippen molar-refractivity contribution in [3.63, 3.8) is 0 Å². The maximum absolute atomic E-state index is 8.63. The summed E-state index contributed by atoms with van der Waals surface area (Å²) >= 11 is 19.5. The number of hydrogen-bond donors (Lipinski definition) is 0. The molecule has 2 aromatic rings. The van der Waals surface area contributed by atoms with Crippen LogP contribution in [0, 0.1) is 11.3 Å². The lowest BCUT2D eigenvalue weighted by atomic mass is 10.1. The SMILES string of the molecule is N#CCc1cc(-c2cc(Cl)c(Cl)cc2Cl)cs1. The Bertz CT molecular complexity index is 598. The minimum absolute atomic E-state index is 0.406. The Morgan fingerprint density at radius 3 is 2.47 bits per heavy atom. The molecule has 0 radical (unpaired) electrons. The third-order valence-electron chi connectivity index (χ3n) is 2.23. The molecule has 0 aliphatic carbocycles. The summed E-state index contributed by atoms with van der Waals surface area (Å²) in [5.74, 6) is 0. The molecule has 1 aromatic heterocycles. The van der Waals surface area contributed by atoms with Gasteiger partial charge in [0.2, 0.25) is 0 Å². The van der Waals surface area contributed by atoms with E-state index in [1.54, 1.807) is 12.1 Å². The molecule has 0 N–H and O–H groups in total. The highest BCUT2D eigenvalue weighted by atomic mass is 35.5. The summed E-state index contributed by atoms with van der Waals surface area (Å²) in [5, 5.41) is 12.0. The molecule has 2 rings (SSSR count). The first-order valence-electron chi connectivity index (χ1n) is 4.71. The van der Waals surface area contributed by atoms with Gasteiger partial charge in [-0.05, 0) is 29.1 Å². The van der Waals surface area contributed by atoms with Gasteiger partial charge >= 0.3 is 0 Å². The molecule has 0 aliphatic rings. The average Bonchev–Trinajstić information content (AvgIpc) is 2.72. The zero-order valence-electron chi connectivity index (χ0n) is 8.51. The van der Waals surface area contributed by atoms with Gasteiger partial charge in [0.05, 0.1) is 27.6 Å². The number of thiophene rings is 1. The van der Waals surface area contributed by atoms with E-state index >= 15 is 0 Å². The van der Waals surface area contributed by atoms with E-state index in [9.17, 15) is 0 Å². The fraction of sp³-hybridized carbons (Fsp3) is 0.0833. The second-order valence-electron chi connectivity index (χ2n) is 3.38. The highest BCUT2D eigenvalue weighted by Crippen LogP contribution is 2.36. The summed E-state index contributed by atoms with van der Waals surface area (Å²) in [5.41, 5.74) is 1.80. The van der Waals surface area contributed by atoms with E-state index in [0.29, 0.717) is 21.5 Å². The van der Waals surface area contributed by atoms with Crippen molar-refractivity contribution in [2.45, 2.75) is 6.42 Å². The normalized spacial score (nSPS) is 10.2. The summed E-state index contributed by atoms with van der Waals surface area (Å²) < 4.78 is 0. The van der Waals surface area contributed by atoms with Crippen molar-refractivity contribution in [1.82, 2.24) is 0 Å². The van der Waals surface area contributed by atoms with Crippen LogP contribution in [0.25, 0.3) is 11.1 Å². The summed E-state index contributed by atoms with van der Waals surface area (Å²) in [6.45, 7) is 0. The molecule has 0 saturated heterocycles. The van der Waals surface area contributed by atoms with Gasteiger partial charge in [-0.2, -0.15) is 5.26 Å². The van der Waals surface area contributed by atoms with Gasteiger partial charge in [-0.25, -0.2) is 0 Å². The smallest absolute Gasteiger partial charge is 0.0695 e. The molecule has 86 valence electrons. The van der Waals surface area contributed by atoms with Crippen LogP contribution in [-0.2, 0) is 6.42 Å². The first-order valence-corrected chi connectivity index (χ1v) is 6.72. The van der Waals surface area contributed by atoms with Crippen LogP contribution in [0.5, 0.6) is 0 Å². The Hall–Kier alpha value is -0.720. The van der Waals surface area contributed by atoms with Crippen molar-refractivity contribution in [3.8, 4) is 17.2 Å². The van der Waals surface area contributed by atoms with Crippen molar-refractivity contribution in [3.05, 3.63) is 43.5 Å². The molecule has 0 amide bonds. The molecule has 1 nitrogen and oxygen atoms in total. The summed E-state index contributed by atoms with van der Waals surface area (Å²) in [6.07, 6.45) is 0.406. The van der Waals surface area contributed by atoms with Crippen LogP contribution in [0.2, 0.25) is 15.1 Å². The molecule has 5 heteroatoms. The quantitative estimate of drug-likeness (QED) is 0.677. The van der Waals surface area contributed by atoms with Crippen LogP contribution in [0.4, 0.5) is 0 Å². The summed E-state index contributed by atoms with van der Waals surface area (Å²) in [4.78, 5) is 1.00. The number of nitrogens with zero attached hydrogens (tertiary/aromatic N) is 1. The van der Waals surface area contributed by atoms with Crippen molar-refractivity contribution >= 4 is 46.1 Å². The molecular weight excluding hydrogens is 297 g/mol. The monoisotopic (exact) mass is 301 g/mol. The van der Waals surface area contributed by atoms with E-state index in [0.717, 1.165) is 16.0 Å². The second kappa shape index (κ2) is 5.29. The van der Waals surface area contributed by atoms with Gasteiger partial charge in [0.25, 0.3) is 0 Å². The van der Waals surface area contributed by atoms with Crippen LogP contribution in [0.3, 0.4) is 0 Å². The van der Waals surface area contributed by atoms with E-state index < -0.39 is 0 Å². The average molecular weight is 303 g/mol. The summed E-state index contributed by atoms with van der Waals surface area (Å²) in [6, 6.07) is 7.43. The number of nitriles is 1. The summed E-state index contributed by atoms with van der Waals surface area (Å²) in [7, 11) is 0. The molecule has 0 bridgehead atoms. The van der Waals surface area contributed by atoms with E-state index in [-0.39, 0.29) is 0 Å². The van der Waals surface area contributed by atoms with Gasteiger partial charge in [0.1, 0.15) is 0 Å². The number of halogens is 3. The van der Waals surface area contributed by atoms with Crippen LogP contribution in [0.1, 0.15) is 4.88 Å².